The lowest BCUT2D eigenvalue weighted by Crippen LogP contribution is -2.75. The molecule has 10 rings (SSSR count). The van der Waals surface area contributed by atoms with Crippen molar-refractivity contribution < 1.29 is 100 Å². The Kier molecular flexibility index (Phi) is 30.8. The maximum atomic E-state index is 15.9. The molecule has 29 nitrogen and oxygen atoms in total. The Morgan fingerprint density at radius 3 is 1.37 bits per heavy atom. The van der Waals surface area contributed by atoms with Gasteiger partial charge >= 0.3 is 36.3 Å². The van der Waals surface area contributed by atoms with Crippen LogP contribution >= 0.6 is 0 Å². The van der Waals surface area contributed by atoms with Crippen LogP contribution in [0, 0.1) is 0 Å². The highest BCUT2D eigenvalue weighted by Crippen LogP contribution is 2.38. The number of azide groups is 1. The van der Waals surface area contributed by atoms with Crippen molar-refractivity contribution in [2.75, 3.05) is 19.7 Å². The molecule has 2 heterocycles. The topological polar surface area (TPSA) is 369 Å². The number of aliphatic hydroxyl groups excluding tert-OH is 1. The molecular weight excluding hydrogens is 1400 g/mol. The molecule has 108 heavy (non-hydrogen) atoms. The third-order valence-corrected chi connectivity index (χ3v) is 17.7. The third kappa shape index (κ3) is 24.8. The van der Waals surface area contributed by atoms with Crippen LogP contribution in [0.1, 0.15) is 72.1 Å². The van der Waals surface area contributed by atoms with E-state index in [0.717, 1.165) is 25.0 Å². The number of rotatable bonds is 34. The van der Waals surface area contributed by atoms with Gasteiger partial charge in [0.25, 0.3) is 0 Å². The molecule has 7 aromatic carbocycles. The number of amides is 5. The Balaban J connectivity index is 1.09. The molecule has 1 aliphatic carbocycles. The molecule has 6 N–H and O–H groups in total. The fourth-order valence-electron chi connectivity index (χ4n) is 12.4. The molecule has 6 unspecified atom stereocenters. The van der Waals surface area contributed by atoms with Crippen LogP contribution < -0.4 is 26.6 Å². The second-order valence-corrected chi connectivity index (χ2v) is 25.6. The molecule has 1 saturated carbocycles. The van der Waals surface area contributed by atoms with Gasteiger partial charge in [0.05, 0.1) is 44.1 Å². The Morgan fingerprint density at radius 2 is 0.898 bits per heavy atom. The SMILES string of the molecule is CC(=O)OCC1O[C@H](O[C@@H]2C(O)C(O[C@H]3O[C@H](CNC(=O)OCc4ccccc4)CCC3NC(=O)OCc3ccccc3)[C@@H](NC(=O)OCc3ccccc3)C(OCc3ccccc3)[C@H]2NC(=O)[C@H](CCNC(=O)OCc2ccccc2)OCc2ccccc2)C(OCc2ccccc2)[C@@H](N=[N+]=[N-])[C@@H]1OC(C)=O. The first-order valence-corrected chi connectivity index (χ1v) is 35.4. The zero-order chi connectivity index (χ0) is 75.8. The van der Waals surface area contributed by atoms with E-state index in [2.05, 4.69) is 36.6 Å². The zero-order valence-corrected chi connectivity index (χ0v) is 59.5. The maximum Gasteiger partial charge on any atom is 0.407 e. The number of hydrogen-bond acceptors (Lipinski definition) is 22. The maximum absolute atomic E-state index is 15.9. The van der Waals surface area contributed by atoms with Crippen LogP contribution in [0.2, 0.25) is 0 Å². The monoisotopic (exact) mass is 1480 g/mol. The average molecular weight is 1490 g/mol. The summed E-state index contributed by atoms with van der Waals surface area (Å²) in [7, 11) is 0. The summed E-state index contributed by atoms with van der Waals surface area (Å²) < 4.78 is 82.1. The molecule has 0 spiro atoms. The lowest BCUT2D eigenvalue weighted by Gasteiger charge is -2.52. The Morgan fingerprint density at radius 1 is 0.472 bits per heavy atom. The molecule has 3 aliphatic rings. The molecule has 570 valence electrons. The summed E-state index contributed by atoms with van der Waals surface area (Å²) >= 11 is 0. The molecule has 0 bridgehead atoms. The van der Waals surface area contributed by atoms with Crippen molar-refractivity contribution in [3.8, 4) is 0 Å². The van der Waals surface area contributed by atoms with E-state index in [1.54, 1.807) is 194 Å². The van der Waals surface area contributed by atoms with Crippen molar-refractivity contribution >= 4 is 42.2 Å². The molecule has 2 aliphatic heterocycles. The summed E-state index contributed by atoms with van der Waals surface area (Å²) in [5.74, 6) is -2.51. The van der Waals surface area contributed by atoms with Crippen LogP contribution in [0.25, 0.3) is 10.4 Å². The van der Waals surface area contributed by atoms with E-state index < -0.39 is 141 Å². The number of nitrogens with one attached hydrogen (secondary N) is 5. The van der Waals surface area contributed by atoms with Crippen LogP contribution in [0.15, 0.2) is 217 Å². The number of benzene rings is 7. The highest BCUT2D eigenvalue weighted by Gasteiger charge is 2.58. The number of hydrogen-bond donors (Lipinski definition) is 6. The van der Waals surface area contributed by atoms with Gasteiger partial charge in [-0.3, -0.25) is 14.4 Å². The third-order valence-electron chi connectivity index (χ3n) is 17.7. The minimum absolute atomic E-state index is 0.0524. The van der Waals surface area contributed by atoms with Gasteiger partial charge in [-0.15, -0.1) is 0 Å². The van der Waals surface area contributed by atoms with E-state index in [0.29, 0.717) is 27.8 Å². The van der Waals surface area contributed by atoms with Crippen molar-refractivity contribution in [3.63, 3.8) is 0 Å². The van der Waals surface area contributed by atoms with Gasteiger partial charge in [-0.1, -0.05) is 217 Å². The van der Waals surface area contributed by atoms with E-state index in [-0.39, 0.29) is 78.6 Å². The lowest BCUT2D eigenvalue weighted by atomic mass is 9.80. The van der Waals surface area contributed by atoms with Gasteiger partial charge in [0, 0.05) is 38.3 Å². The van der Waals surface area contributed by atoms with Crippen molar-refractivity contribution in [3.05, 3.63) is 262 Å². The molecule has 2 saturated heterocycles. The van der Waals surface area contributed by atoms with Gasteiger partial charge in [-0.25, -0.2) is 19.2 Å². The van der Waals surface area contributed by atoms with Crippen LogP contribution in [0.4, 0.5) is 19.2 Å². The summed E-state index contributed by atoms with van der Waals surface area (Å²) in [5, 5.41) is 32.3. The molecule has 0 aromatic heterocycles. The van der Waals surface area contributed by atoms with Gasteiger partial charge in [0.2, 0.25) is 5.91 Å². The predicted octanol–water partition coefficient (Wildman–Crippen LogP) is 9.61. The normalized spacial score (nSPS) is 23.2. The van der Waals surface area contributed by atoms with Crippen molar-refractivity contribution in [2.45, 2.75) is 171 Å². The largest absolute Gasteiger partial charge is 0.463 e. The van der Waals surface area contributed by atoms with Crippen LogP contribution in [0.3, 0.4) is 0 Å². The second kappa shape index (κ2) is 41.8. The number of nitrogens with zero attached hydrogens (tertiary/aromatic N) is 3. The number of ether oxygens (including phenoxy) is 13. The second-order valence-electron chi connectivity index (χ2n) is 25.6. The average Bonchev–Trinajstić information content (AvgIpc) is 0.752. The summed E-state index contributed by atoms with van der Waals surface area (Å²) in [4.78, 5) is 101. The first kappa shape index (κ1) is 79.6. The summed E-state index contributed by atoms with van der Waals surface area (Å²) in [5.41, 5.74) is 14.9. The van der Waals surface area contributed by atoms with Crippen molar-refractivity contribution in [1.29, 1.82) is 0 Å². The van der Waals surface area contributed by atoms with Gasteiger partial charge < -0.3 is 93.3 Å². The molecule has 29 heteroatoms. The minimum Gasteiger partial charge on any atom is -0.463 e. The fourth-order valence-corrected chi connectivity index (χ4v) is 12.4. The number of carbonyl (C=O) groups is 7. The highest BCUT2D eigenvalue weighted by atomic mass is 16.7. The first-order valence-electron chi connectivity index (χ1n) is 35.4. The smallest absolute Gasteiger partial charge is 0.407 e. The highest BCUT2D eigenvalue weighted by molar-refractivity contribution is 5.81. The lowest BCUT2D eigenvalue weighted by molar-refractivity contribution is -0.328. The summed E-state index contributed by atoms with van der Waals surface area (Å²) in [6.07, 6.45) is -21.7. The number of carbonyl (C=O) groups excluding carboxylic acids is 7. The molecule has 3 fully saturated rings. The zero-order valence-electron chi connectivity index (χ0n) is 59.5. The number of alkyl carbamates (subject to hydrolysis) is 4. The minimum atomic E-state index is -2.16. The van der Waals surface area contributed by atoms with Gasteiger partial charge in [0.15, 0.2) is 12.6 Å². The molecule has 0 radical (unpaired) electrons. The van der Waals surface area contributed by atoms with Crippen LogP contribution in [-0.4, -0.2) is 159 Å². The summed E-state index contributed by atoms with van der Waals surface area (Å²) in [6, 6.07) is 56.1. The quantitative estimate of drug-likeness (QED) is 0.00718. The van der Waals surface area contributed by atoms with E-state index in [4.69, 9.17) is 61.6 Å². The predicted molar refractivity (Wildman–Crippen MR) is 385 cm³/mol. The van der Waals surface area contributed by atoms with E-state index in [1.807, 2.05) is 18.2 Å². The molecule has 7 aromatic rings. The van der Waals surface area contributed by atoms with E-state index in [9.17, 15) is 39.4 Å². The van der Waals surface area contributed by atoms with Crippen LogP contribution in [-0.2, 0) is 122 Å². The first-order chi connectivity index (χ1) is 52.6. The number of esters is 2. The van der Waals surface area contributed by atoms with Gasteiger partial charge in [-0.2, -0.15) is 0 Å². The van der Waals surface area contributed by atoms with E-state index >= 15 is 4.79 Å². The summed E-state index contributed by atoms with van der Waals surface area (Å²) in [6.45, 7) is 0.0553. The molecule has 5 amide bonds. The Hall–Kier alpha value is -11.0. The standard InChI is InChI=1S/C79H88N8O21/c1-51(88)96-50-63-68(104-52(2)89)66(86-87-80)72(99-45-55-28-14-5-15-29-55)75(106-63)108-70-64(84-73(91)62(97-43-53-24-10-3-11-25-53)40-41-81-76(92)100-46-56-30-16-6-17-31-56)69(98-44-54-26-12-4-13-27-54)65(85-79(95)103-49-59-36-22-9-23-37-59)71(67(70)90)107-74-61(83-78(94)102-48-58-34-20-8-21-35-58)39-38-60(105-74)42-82-77(93)101-47-57-32-18-7-19-33-57/h3-37,60-72,74-75,90H,38-50H2,1-2H3,(H,81,92)(H,82,93)(H,83,94)(H,84,91)(H,85,95)/t60-,61?,62-,63?,64+,65-,66-,67?,68+,69?,70-,71?,72?,74+,75+/m0/s1. The Labute approximate surface area is 624 Å². The van der Waals surface area contributed by atoms with E-state index in [1.165, 1.54) is 0 Å². The molecule has 15 atom stereocenters. The van der Waals surface area contributed by atoms with Crippen molar-refractivity contribution in [1.82, 2.24) is 26.6 Å². The van der Waals surface area contributed by atoms with Crippen molar-refractivity contribution in [2.24, 2.45) is 5.11 Å². The van der Waals surface area contributed by atoms with Gasteiger partial charge in [0.1, 0.15) is 87.9 Å². The van der Waals surface area contributed by atoms with Gasteiger partial charge in [-0.05, 0) is 57.3 Å². The fraction of sp³-hybridized carbons (Fsp3) is 0.380. The molecular formula is C79H88N8O21. The van der Waals surface area contributed by atoms with Crippen LogP contribution in [0.5, 0.6) is 0 Å². The number of aliphatic hydroxyl groups is 1. The Bertz CT molecular complexity index is 4000.